The molecule has 2 saturated heterocycles. The molecule has 0 N–H and O–H groups in total. The lowest BCUT2D eigenvalue weighted by atomic mass is 10.1. The number of hydrogen-bond donors (Lipinski definition) is 0. The molecule has 33 heavy (non-hydrogen) atoms. The zero-order valence-corrected chi connectivity index (χ0v) is 17.8. The SMILES string of the molecule is O=C1C[C@@H](N2CCN(c3ccc(C(F)(F)F)cc3[N+](=O)[O-])CC2)C(=O)N1c1cccc(Cl)c1. The van der Waals surface area contributed by atoms with Crippen LogP contribution in [0.15, 0.2) is 42.5 Å². The molecular formula is C21H18ClF3N4O4. The van der Waals surface area contributed by atoms with E-state index >= 15 is 0 Å². The lowest BCUT2D eigenvalue weighted by Gasteiger charge is -2.37. The van der Waals surface area contributed by atoms with Gasteiger partial charge in [0.1, 0.15) is 5.69 Å². The molecule has 2 amide bonds. The molecule has 0 bridgehead atoms. The number of carbonyl (C=O) groups is 2. The van der Waals surface area contributed by atoms with E-state index in [4.69, 9.17) is 11.6 Å². The molecule has 0 saturated carbocycles. The van der Waals surface area contributed by atoms with Gasteiger partial charge in [0.25, 0.3) is 11.6 Å². The summed E-state index contributed by atoms with van der Waals surface area (Å²) in [4.78, 5) is 40.6. The third-order valence-electron chi connectivity index (χ3n) is 5.78. The van der Waals surface area contributed by atoms with Crippen molar-refractivity contribution in [2.75, 3.05) is 36.0 Å². The van der Waals surface area contributed by atoms with Gasteiger partial charge < -0.3 is 4.90 Å². The van der Waals surface area contributed by atoms with Gasteiger partial charge in [0.2, 0.25) is 5.91 Å². The Morgan fingerprint density at radius 1 is 1.03 bits per heavy atom. The standard InChI is InChI=1S/C21H18ClF3N4O4/c22-14-2-1-3-15(11-14)28-19(30)12-18(20(28)31)27-8-6-26(7-9-27)16-5-4-13(21(23,24)25)10-17(16)29(32)33/h1-5,10-11,18H,6-9,12H2/t18-/m1/s1. The number of rotatable bonds is 4. The number of carbonyl (C=O) groups excluding carboxylic acids is 2. The van der Waals surface area contributed by atoms with Crippen LogP contribution < -0.4 is 9.80 Å². The van der Waals surface area contributed by atoms with Crippen LogP contribution >= 0.6 is 11.6 Å². The van der Waals surface area contributed by atoms with Gasteiger partial charge in [-0.2, -0.15) is 13.2 Å². The summed E-state index contributed by atoms with van der Waals surface area (Å²) in [5.74, 6) is -0.732. The van der Waals surface area contributed by atoms with Crippen LogP contribution in [0.25, 0.3) is 0 Å². The molecule has 0 radical (unpaired) electrons. The molecule has 2 aromatic rings. The number of nitro benzene ring substituents is 1. The topological polar surface area (TPSA) is 87.0 Å². The predicted octanol–water partition coefficient (Wildman–Crippen LogP) is 3.72. The van der Waals surface area contributed by atoms with Crippen molar-refractivity contribution in [2.24, 2.45) is 0 Å². The van der Waals surface area contributed by atoms with Crippen molar-refractivity contribution < 1.29 is 27.7 Å². The number of anilines is 2. The summed E-state index contributed by atoms with van der Waals surface area (Å²) in [5, 5.41) is 11.8. The first-order valence-corrected chi connectivity index (χ1v) is 10.4. The zero-order valence-electron chi connectivity index (χ0n) is 17.1. The second kappa shape index (κ2) is 8.64. The Bertz CT molecular complexity index is 1120. The number of hydrogen-bond acceptors (Lipinski definition) is 6. The Hall–Kier alpha value is -3.18. The summed E-state index contributed by atoms with van der Waals surface area (Å²) in [6, 6.07) is 8.19. The molecule has 2 fully saturated rings. The van der Waals surface area contributed by atoms with Crippen molar-refractivity contribution in [3.05, 3.63) is 63.2 Å². The van der Waals surface area contributed by atoms with Crippen LogP contribution in [0.4, 0.5) is 30.2 Å². The first-order valence-electron chi connectivity index (χ1n) is 10.0. The molecule has 8 nitrogen and oxygen atoms in total. The highest BCUT2D eigenvalue weighted by Crippen LogP contribution is 2.37. The molecule has 174 valence electrons. The lowest BCUT2D eigenvalue weighted by Crippen LogP contribution is -2.52. The van der Waals surface area contributed by atoms with Gasteiger partial charge in [-0.25, -0.2) is 4.90 Å². The third kappa shape index (κ3) is 4.51. The smallest absolute Gasteiger partial charge is 0.363 e. The Balaban J connectivity index is 1.48. The minimum absolute atomic E-state index is 0.00816. The van der Waals surface area contributed by atoms with Gasteiger partial charge in [-0.05, 0) is 30.3 Å². The van der Waals surface area contributed by atoms with Crippen molar-refractivity contribution in [3.63, 3.8) is 0 Å². The summed E-state index contributed by atoms with van der Waals surface area (Å²) >= 11 is 5.97. The van der Waals surface area contributed by atoms with E-state index in [1.807, 2.05) is 4.90 Å². The molecule has 0 aliphatic carbocycles. The monoisotopic (exact) mass is 482 g/mol. The minimum Gasteiger partial charge on any atom is -0.363 e. The van der Waals surface area contributed by atoms with Crippen LogP contribution in [0.3, 0.4) is 0 Å². The first-order chi connectivity index (χ1) is 15.6. The fourth-order valence-corrected chi connectivity index (χ4v) is 4.36. The molecule has 0 spiro atoms. The summed E-state index contributed by atoms with van der Waals surface area (Å²) in [6.07, 6.45) is -4.70. The highest BCUT2D eigenvalue weighted by Gasteiger charge is 2.43. The number of nitrogens with zero attached hydrogens (tertiary/aromatic N) is 4. The number of alkyl halides is 3. The normalized spacial score (nSPS) is 19.9. The van der Waals surface area contributed by atoms with Crippen molar-refractivity contribution in [1.29, 1.82) is 0 Å². The largest absolute Gasteiger partial charge is 0.416 e. The summed E-state index contributed by atoms with van der Waals surface area (Å²) < 4.78 is 38.9. The maximum Gasteiger partial charge on any atom is 0.416 e. The Kier molecular flexibility index (Phi) is 6.02. The second-order valence-corrected chi connectivity index (χ2v) is 8.18. The van der Waals surface area contributed by atoms with Crippen molar-refractivity contribution in [2.45, 2.75) is 18.6 Å². The average molecular weight is 483 g/mol. The van der Waals surface area contributed by atoms with E-state index in [0.29, 0.717) is 29.9 Å². The van der Waals surface area contributed by atoms with Gasteiger partial charge >= 0.3 is 6.18 Å². The highest BCUT2D eigenvalue weighted by atomic mass is 35.5. The Morgan fingerprint density at radius 2 is 1.73 bits per heavy atom. The number of nitro groups is 1. The van der Waals surface area contributed by atoms with E-state index < -0.39 is 28.4 Å². The van der Waals surface area contributed by atoms with Gasteiger partial charge in [-0.15, -0.1) is 0 Å². The molecule has 12 heteroatoms. The number of amides is 2. The van der Waals surface area contributed by atoms with Crippen LogP contribution in [-0.2, 0) is 15.8 Å². The predicted molar refractivity (Wildman–Crippen MR) is 114 cm³/mol. The van der Waals surface area contributed by atoms with Gasteiger partial charge in [0.05, 0.1) is 28.6 Å². The maximum atomic E-state index is 13.0. The molecule has 2 aliphatic rings. The van der Waals surface area contributed by atoms with Crippen LogP contribution in [0.1, 0.15) is 12.0 Å². The molecule has 2 aliphatic heterocycles. The van der Waals surface area contributed by atoms with E-state index in [2.05, 4.69) is 0 Å². The summed E-state index contributed by atoms with van der Waals surface area (Å²) in [6.45, 7) is 1.12. The van der Waals surface area contributed by atoms with Crippen LogP contribution in [-0.4, -0.2) is 53.9 Å². The van der Waals surface area contributed by atoms with Crippen LogP contribution in [0, 0.1) is 10.1 Å². The number of imide groups is 1. The number of halogens is 4. The minimum atomic E-state index is -4.69. The van der Waals surface area contributed by atoms with Gasteiger partial charge in [0.15, 0.2) is 0 Å². The fourth-order valence-electron chi connectivity index (χ4n) is 4.18. The second-order valence-electron chi connectivity index (χ2n) is 7.75. The number of benzene rings is 2. The first kappa shape index (κ1) is 23.0. The molecular weight excluding hydrogens is 465 g/mol. The Labute approximate surface area is 191 Å². The zero-order chi connectivity index (χ0) is 23.9. The average Bonchev–Trinajstić information content (AvgIpc) is 3.06. The molecule has 2 heterocycles. The van der Waals surface area contributed by atoms with E-state index in [-0.39, 0.29) is 37.0 Å². The van der Waals surface area contributed by atoms with Gasteiger partial charge in [-0.3, -0.25) is 24.6 Å². The van der Waals surface area contributed by atoms with Crippen molar-refractivity contribution >= 4 is 40.5 Å². The van der Waals surface area contributed by atoms with Crippen molar-refractivity contribution in [3.8, 4) is 0 Å². The van der Waals surface area contributed by atoms with Gasteiger partial charge in [-0.1, -0.05) is 17.7 Å². The Morgan fingerprint density at radius 3 is 2.33 bits per heavy atom. The van der Waals surface area contributed by atoms with E-state index in [1.165, 1.54) is 6.07 Å². The molecule has 2 aromatic carbocycles. The maximum absolute atomic E-state index is 13.0. The summed E-state index contributed by atoms with van der Waals surface area (Å²) in [7, 11) is 0. The third-order valence-corrected chi connectivity index (χ3v) is 6.02. The van der Waals surface area contributed by atoms with Crippen LogP contribution in [0.2, 0.25) is 5.02 Å². The van der Waals surface area contributed by atoms with Gasteiger partial charge in [0, 0.05) is 37.3 Å². The fraction of sp³-hybridized carbons (Fsp3) is 0.333. The molecule has 0 unspecified atom stereocenters. The summed E-state index contributed by atoms with van der Waals surface area (Å²) in [5.41, 5.74) is -1.24. The quantitative estimate of drug-likeness (QED) is 0.375. The highest BCUT2D eigenvalue weighted by molar-refractivity contribution is 6.31. The number of piperazine rings is 1. The van der Waals surface area contributed by atoms with Crippen LogP contribution in [0.5, 0.6) is 0 Å². The van der Waals surface area contributed by atoms with E-state index in [1.54, 1.807) is 23.1 Å². The molecule has 4 rings (SSSR count). The molecule has 1 atom stereocenters. The molecule has 0 aromatic heterocycles. The van der Waals surface area contributed by atoms with Crippen molar-refractivity contribution in [1.82, 2.24) is 4.90 Å². The lowest BCUT2D eigenvalue weighted by molar-refractivity contribution is -0.384. The van der Waals surface area contributed by atoms with E-state index in [0.717, 1.165) is 17.0 Å². The van der Waals surface area contributed by atoms with E-state index in [9.17, 15) is 32.9 Å².